The molecule has 0 saturated heterocycles. The Kier molecular flexibility index (Phi) is 3.76. The van der Waals surface area contributed by atoms with Crippen molar-refractivity contribution in [2.45, 2.75) is 65.7 Å². The zero-order chi connectivity index (χ0) is 18.8. The Hall–Kier alpha value is -2.08. The molecule has 0 amide bonds. The fourth-order valence-electron chi connectivity index (χ4n) is 6.30. The van der Waals surface area contributed by atoms with E-state index in [1.807, 2.05) is 0 Å². The molecule has 0 fully saturated rings. The van der Waals surface area contributed by atoms with Crippen molar-refractivity contribution in [2.75, 3.05) is 0 Å². The van der Waals surface area contributed by atoms with Crippen LogP contribution >= 0.6 is 0 Å². The van der Waals surface area contributed by atoms with Crippen molar-refractivity contribution in [3.8, 4) is 0 Å². The SMILES string of the molecule is CC1=Cc2ccccc2C1C(C)(C)C1=C(C)C=C2CC3=C(C=C21)CCCC3. The molecule has 4 aliphatic carbocycles. The average molecular weight is 355 g/mol. The van der Waals surface area contributed by atoms with Gasteiger partial charge in [0.05, 0.1) is 0 Å². The highest BCUT2D eigenvalue weighted by atomic mass is 14.5. The molecule has 0 saturated carbocycles. The van der Waals surface area contributed by atoms with Gasteiger partial charge in [0.25, 0.3) is 0 Å². The predicted octanol–water partition coefficient (Wildman–Crippen LogP) is 7.67. The number of hydrogen-bond donors (Lipinski definition) is 0. The third-order valence-electron chi connectivity index (χ3n) is 7.26. The third-order valence-corrected chi connectivity index (χ3v) is 7.26. The molecule has 5 rings (SSSR count). The molecule has 0 aromatic heterocycles. The van der Waals surface area contributed by atoms with Crippen molar-refractivity contribution in [1.82, 2.24) is 0 Å². The van der Waals surface area contributed by atoms with Gasteiger partial charge in [-0.25, -0.2) is 0 Å². The molecule has 0 N–H and O–H groups in total. The second-order valence-electron chi connectivity index (χ2n) is 9.47. The lowest BCUT2D eigenvalue weighted by Gasteiger charge is -2.38. The highest BCUT2D eigenvalue weighted by Crippen LogP contribution is 2.57. The second kappa shape index (κ2) is 5.96. The Morgan fingerprint density at radius 3 is 2.56 bits per heavy atom. The minimum atomic E-state index is 0.0914. The van der Waals surface area contributed by atoms with Crippen LogP contribution in [0.15, 0.2) is 75.4 Å². The Bertz CT molecular complexity index is 985. The fourth-order valence-corrected chi connectivity index (χ4v) is 6.30. The first-order valence-corrected chi connectivity index (χ1v) is 10.6. The molecular formula is C27H30. The summed E-state index contributed by atoms with van der Waals surface area (Å²) in [7, 11) is 0. The molecule has 138 valence electrons. The molecule has 1 unspecified atom stereocenters. The molecule has 1 aromatic rings. The molecule has 0 heterocycles. The highest BCUT2D eigenvalue weighted by molar-refractivity contribution is 5.71. The van der Waals surface area contributed by atoms with Gasteiger partial charge >= 0.3 is 0 Å². The van der Waals surface area contributed by atoms with E-state index in [9.17, 15) is 0 Å². The predicted molar refractivity (Wildman–Crippen MR) is 116 cm³/mol. The molecule has 0 bridgehead atoms. The Morgan fingerprint density at radius 2 is 1.70 bits per heavy atom. The lowest BCUT2D eigenvalue weighted by molar-refractivity contribution is 0.392. The van der Waals surface area contributed by atoms with Gasteiger partial charge in [-0.2, -0.15) is 0 Å². The molecule has 0 nitrogen and oxygen atoms in total. The molecule has 0 radical (unpaired) electrons. The topological polar surface area (TPSA) is 0 Å². The summed E-state index contributed by atoms with van der Waals surface area (Å²) in [5, 5.41) is 0. The van der Waals surface area contributed by atoms with E-state index in [-0.39, 0.29) is 5.41 Å². The number of hydrogen-bond acceptors (Lipinski definition) is 0. The maximum atomic E-state index is 2.57. The largest absolute Gasteiger partial charge is 0.0643 e. The fraction of sp³-hybridized carbons (Fsp3) is 0.407. The van der Waals surface area contributed by atoms with Crippen molar-refractivity contribution in [1.29, 1.82) is 0 Å². The van der Waals surface area contributed by atoms with Gasteiger partial charge in [-0.1, -0.05) is 67.5 Å². The molecular weight excluding hydrogens is 324 g/mol. The van der Waals surface area contributed by atoms with Gasteiger partial charge in [0.2, 0.25) is 0 Å². The number of rotatable bonds is 2. The Morgan fingerprint density at radius 1 is 0.926 bits per heavy atom. The van der Waals surface area contributed by atoms with Gasteiger partial charge in [0, 0.05) is 11.3 Å². The Balaban J connectivity index is 1.60. The van der Waals surface area contributed by atoms with Gasteiger partial charge in [0.1, 0.15) is 0 Å². The first-order chi connectivity index (χ1) is 13.0. The van der Waals surface area contributed by atoms with Crippen LogP contribution in [0.25, 0.3) is 6.08 Å². The van der Waals surface area contributed by atoms with Gasteiger partial charge in [0.15, 0.2) is 0 Å². The summed E-state index contributed by atoms with van der Waals surface area (Å²) in [6.45, 7) is 9.60. The maximum absolute atomic E-state index is 2.57. The van der Waals surface area contributed by atoms with E-state index in [1.54, 1.807) is 27.9 Å². The zero-order valence-electron chi connectivity index (χ0n) is 17.2. The maximum Gasteiger partial charge on any atom is 0.0147 e. The molecule has 1 atom stereocenters. The molecule has 0 spiro atoms. The van der Waals surface area contributed by atoms with Crippen LogP contribution in [0.4, 0.5) is 0 Å². The normalized spacial score (nSPS) is 24.3. The van der Waals surface area contributed by atoms with Crippen LogP contribution in [0.1, 0.15) is 76.8 Å². The van der Waals surface area contributed by atoms with Gasteiger partial charge in [-0.15, -0.1) is 0 Å². The van der Waals surface area contributed by atoms with Crippen molar-refractivity contribution in [2.24, 2.45) is 5.41 Å². The monoisotopic (exact) mass is 354 g/mol. The van der Waals surface area contributed by atoms with Crippen LogP contribution in [0.5, 0.6) is 0 Å². The summed E-state index contributed by atoms with van der Waals surface area (Å²) in [4.78, 5) is 0. The van der Waals surface area contributed by atoms with Gasteiger partial charge in [-0.3, -0.25) is 0 Å². The van der Waals surface area contributed by atoms with Crippen LogP contribution in [0.3, 0.4) is 0 Å². The lowest BCUT2D eigenvalue weighted by Crippen LogP contribution is -2.26. The van der Waals surface area contributed by atoms with Crippen LogP contribution in [0, 0.1) is 5.41 Å². The van der Waals surface area contributed by atoms with E-state index in [4.69, 9.17) is 0 Å². The van der Waals surface area contributed by atoms with Crippen LogP contribution < -0.4 is 0 Å². The third kappa shape index (κ3) is 2.49. The van der Waals surface area contributed by atoms with E-state index >= 15 is 0 Å². The molecule has 27 heavy (non-hydrogen) atoms. The number of fused-ring (bicyclic) bond motifs is 2. The van der Waals surface area contributed by atoms with Crippen LogP contribution in [0.2, 0.25) is 0 Å². The van der Waals surface area contributed by atoms with Crippen molar-refractivity contribution in [3.05, 3.63) is 86.6 Å². The quantitative estimate of drug-likeness (QED) is 0.511. The standard InChI is InChI=1S/C27H30/c1-17-13-21-11-7-8-12-23(21)25(17)27(3,4)26-18(2)14-22-15-19-9-5-6-10-20(19)16-24(22)26/h7-8,11-14,16,25H,5-6,9-10,15H2,1-4H3. The number of allylic oxidation sites excluding steroid dienone is 9. The molecule has 0 aliphatic heterocycles. The highest BCUT2D eigenvalue weighted by Gasteiger charge is 2.43. The second-order valence-corrected chi connectivity index (χ2v) is 9.47. The first kappa shape index (κ1) is 17.0. The zero-order valence-corrected chi connectivity index (χ0v) is 17.2. The summed E-state index contributed by atoms with van der Waals surface area (Å²) in [6.07, 6.45) is 14.0. The lowest BCUT2D eigenvalue weighted by atomic mass is 9.65. The summed E-state index contributed by atoms with van der Waals surface area (Å²) in [6, 6.07) is 8.98. The van der Waals surface area contributed by atoms with Gasteiger partial charge < -0.3 is 0 Å². The first-order valence-electron chi connectivity index (χ1n) is 10.6. The smallest absolute Gasteiger partial charge is 0.0147 e. The van der Waals surface area contributed by atoms with Crippen LogP contribution in [-0.4, -0.2) is 0 Å². The van der Waals surface area contributed by atoms with E-state index in [0.29, 0.717) is 5.92 Å². The van der Waals surface area contributed by atoms with Crippen molar-refractivity contribution >= 4 is 6.08 Å². The van der Waals surface area contributed by atoms with E-state index < -0.39 is 0 Å². The Labute approximate surface area is 164 Å². The summed E-state index contributed by atoms with van der Waals surface area (Å²) < 4.78 is 0. The van der Waals surface area contributed by atoms with Crippen LogP contribution in [-0.2, 0) is 0 Å². The van der Waals surface area contributed by atoms with E-state index in [1.165, 1.54) is 54.4 Å². The number of benzene rings is 1. The minimum absolute atomic E-state index is 0.0914. The van der Waals surface area contributed by atoms with E-state index in [0.717, 1.165) is 0 Å². The summed E-state index contributed by atoms with van der Waals surface area (Å²) in [5.74, 6) is 0.467. The van der Waals surface area contributed by atoms with Crippen molar-refractivity contribution < 1.29 is 0 Å². The summed E-state index contributed by atoms with van der Waals surface area (Å²) >= 11 is 0. The minimum Gasteiger partial charge on any atom is -0.0643 e. The summed E-state index contributed by atoms with van der Waals surface area (Å²) in [5.41, 5.74) is 14.1. The molecule has 4 aliphatic rings. The van der Waals surface area contributed by atoms with Crippen molar-refractivity contribution in [3.63, 3.8) is 0 Å². The average Bonchev–Trinajstić information content (AvgIpc) is 3.14. The molecule has 0 heteroatoms. The van der Waals surface area contributed by atoms with E-state index in [2.05, 4.69) is 70.2 Å². The van der Waals surface area contributed by atoms with Gasteiger partial charge in [-0.05, 0) is 84.9 Å². The molecule has 1 aromatic carbocycles.